The van der Waals surface area contributed by atoms with Crippen LogP contribution in [0.25, 0.3) is 0 Å². The largest absolute Gasteiger partial charge is 0.484 e. The highest BCUT2D eigenvalue weighted by Crippen LogP contribution is 2.17. The average molecular weight is 352 g/mol. The van der Waals surface area contributed by atoms with Crippen molar-refractivity contribution in [2.24, 2.45) is 0 Å². The third kappa shape index (κ3) is 4.04. The van der Waals surface area contributed by atoms with Crippen LogP contribution in [-0.4, -0.2) is 54.4 Å². The number of para-hydroxylation sites is 1. The van der Waals surface area contributed by atoms with Gasteiger partial charge in [0.25, 0.3) is 11.8 Å². The van der Waals surface area contributed by atoms with Crippen LogP contribution in [0.4, 0.5) is 0 Å². The average Bonchev–Trinajstić information content (AvgIpc) is 2.67. The van der Waals surface area contributed by atoms with E-state index in [4.69, 9.17) is 4.74 Å². The smallest absolute Gasteiger partial charge is 0.260 e. The number of aryl methyl sites for hydroxylation is 2. The lowest BCUT2D eigenvalue weighted by Gasteiger charge is -2.35. The lowest BCUT2D eigenvalue weighted by Crippen LogP contribution is -2.51. The molecular formula is C21H24N2O3. The van der Waals surface area contributed by atoms with E-state index < -0.39 is 0 Å². The van der Waals surface area contributed by atoms with Crippen LogP contribution >= 0.6 is 0 Å². The monoisotopic (exact) mass is 352 g/mol. The van der Waals surface area contributed by atoms with E-state index in [1.807, 2.05) is 67.3 Å². The zero-order chi connectivity index (χ0) is 18.5. The molecule has 5 heteroatoms. The molecule has 2 aromatic carbocycles. The summed E-state index contributed by atoms with van der Waals surface area (Å²) in [6.45, 7) is 6.08. The minimum absolute atomic E-state index is 0.0244. The summed E-state index contributed by atoms with van der Waals surface area (Å²) >= 11 is 0. The summed E-state index contributed by atoms with van der Waals surface area (Å²) in [5, 5.41) is 0. The summed E-state index contributed by atoms with van der Waals surface area (Å²) in [4.78, 5) is 28.6. The molecule has 1 aliphatic rings. The first kappa shape index (κ1) is 18.0. The molecule has 26 heavy (non-hydrogen) atoms. The molecule has 1 heterocycles. The van der Waals surface area contributed by atoms with Crippen molar-refractivity contribution in [3.05, 3.63) is 65.2 Å². The summed E-state index contributed by atoms with van der Waals surface area (Å²) in [5.41, 5.74) is 2.71. The molecule has 0 bridgehead atoms. The first-order valence-corrected chi connectivity index (χ1v) is 8.87. The second-order valence-corrected chi connectivity index (χ2v) is 6.54. The summed E-state index contributed by atoms with van der Waals surface area (Å²) in [6, 6.07) is 15.2. The van der Waals surface area contributed by atoms with Crippen LogP contribution in [0.5, 0.6) is 5.75 Å². The predicted octanol–water partition coefficient (Wildman–Crippen LogP) is 2.67. The van der Waals surface area contributed by atoms with Crippen LogP contribution in [-0.2, 0) is 4.79 Å². The summed E-state index contributed by atoms with van der Waals surface area (Å²) < 4.78 is 5.64. The van der Waals surface area contributed by atoms with Crippen LogP contribution in [0.1, 0.15) is 21.5 Å². The normalized spacial score (nSPS) is 14.2. The van der Waals surface area contributed by atoms with Crippen LogP contribution < -0.4 is 4.74 Å². The maximum absolute atomic E-state index is 12.6. The van der Waals surface area contributed by atoms with Crippen LogP contribution in [0.15, 0.2) is 48.5 Å². The van der Waals surface area contributed by atoms with Gasteiger partial charge in [-0.25, -0.2) is 0 Å². The van der Waals surface area contributed by atoms with Crippen molar-refractivity contribution in [2.75, 3.05) is 32.8 Å². The zero-order valence-corrected chi connectivity index (χ0v) is 15.3. The quantitative estimate of drug-likeness (QED) is 0.850. The molecule has 1 fully saturated rings. The molecule has 0 aliphatic carbocycles. The number of nitrogens with zero attached hydrogens (tertiary/aromatic N) is 2. The third-order valence-electron chi connectivity index (χ3n) is 4.74. The third-order valence-corrected chi connectivity index (χ3v) is 4.74. The SMILES string of the molecule is Cc1ccccc1OCC(=O)N1CCN(C(=O)c2ccccc2C)CC1. The molecule has 0 unspecified atom stereocenters. The highest BCUT2D eigenvalue weighted by atomic mass is 16.5. The maximum atomic E-state index is 12.6. The van der Waals surface area contributed by atoms with Gasteiger partial charge in [0.1, 0.15) is 5.75 Å². The summed E-state index contributed by atoms with van der Waals surface area (Å²) in [7, 11) is 0. The Morgan fingerprint density at radius 3 is 2.08 bits per heavy atom. The van der Waals surface area contributed by atoms with Crippen molar-refractivity contribution in [3.8, 4) is 5.75 Å². The molecule has 5 nitrogen and oxygen atoms in total. The van der Waals surface area contributed by atoms with E-state index in [2.05, 4.69) is 0 Å². The molecule has 0 aromatic heterocycles. The Bertz CT molecular complexity index is 795. The molecular weight excluding hydrogens is 328 g/mol. The maximum Gasteiger partial charge on any atom is 0.260 e. The fourth-order valence-corrected chi connectivity index (χ4v) is 3.09. The molecule has 2 amide bonds. The van der Waals surface area contributed by atoms with Gasteiger partial charge in [-0.3, -0.25) is 9.59 Å². The van der Waals surface area contributed by atoms with Gasteiger partial charge < -0.3 is 14.5 Å². The molecule has 0 N–H and O–H groups in total. The second-order valence-electron chi connectivity index (χ2n) is 6.54. The first-order valence-electron chi connectivity index (χ1n) is 8.87. The van der Waals surface area contributed by atoms with E-state index in [9.17, 15) is 9.59 Å². The van der Waals surface area contributed by atoms with E-state index in [0.717, 1.165) is 22.4 Å². The Hall–Kier alpha value is -2.82. The first-order chi connectivity index (χ1) is 12.6. The van der Waals surface area contributed by atoms with Crippen LogP contribution in [0.2, 0.25) is 0 Å². The van der Waals surface area contributed by atoms with Crippen molar-refractivity contribution < 1.29 is 14.3 Å². The van der Waals surface area contributed by atoms with Crippen molar-refractivity contribution in [2.45, 2.75) is 13.8 Å². The number of amides is 2. The van der Waals surface area contributed by atoms with Gasteiger partial charge in [-0.1, -0.05) is 36.4 Å². The molecule has 0 spiro atoms. The van der Waals surface area contributed by atoms with E-state index in [1.165, 1.54) is 0 Å². The van der Waals surface area contributed by atoms with Crippen LogP contribution in [0.3, 0.4) is 0 Å². The van der Waals surface area contributed by atoms with Gasteiger partial charge in [0.05, 0.1) is 0 Å². The Balaban J connectivity index is 1.52. The van der Waals surface area contributed by atoms with Gasteiger partial charge >= 0.3 is 0 Å². The van der Waals surface area contributed by atoms with E-state index in [-0.39, 0.29) is 18.4 Å². The summed E-state index contributed by atoms with van der Waals surface area (Å²) in [5.74, 6) is 0.719. The number of rotatable bonds is 4. The minimum Gasteiger partial charge on any atom is -0.484 e. The van der Waals surface area contributed by atoms with Gasteiger partial charge in [0.2, 0.25) is 0 Å². The Morgan fingerprint density at radius 1 is 0.846 bits per heavy atom. The van der Waals surface area contributed by atoms with Gasteiger partial charge in [-0.15, -0.1) is 0 Å². The number of hydrogen-bond acceptors (Lipinski definition) is 3. The number of carbonyl (C=O) groups is 2. The van der Waals surface area contributed by atoms with E-state index in [1.54, 1.807) is 4.90 Å². The molecule has 0 saturated carbocycles. The second kappa shape index (κ2) is 8.04. The van der Waals surface area contributed by atoms with Crippen LogP contribution in [0, 0.1) is 13.8 Å². The number of benzene rings is 2. The molecule has 2 aromatic rings. The fraction of sp³-hybridized carbons (Fsp3) is 0.333. The Labute approximate surface area is 154 Å². The Kier molecular flexibility index (Phi) is 5.56. The van der Waals surface area contributed by atoms with Crippen molar-refractivity contribution in [1.29, 1.82) is 0 Å². The molecule has 0 radical (unpaired) electrons. The molecule has 1 aliphatic heterocycles. The molecule has 136 valence electrons. The zero-order valence-electron chi connectivity index (χ0n) is 15.3. The predicted molar refractivity (Wildman–Crippen MR) is 100 cm³/mol. The van der Waals surface area contributed by atoms with E-state index in [0.29, 0.717) is 26.2 Å². The van der Waals surface area contributed by atoms with Gasteiger partial charge in [-0.2, -0.15) is 0 Å². The van der Waals surface area contributed by atoms with Crippen molar-refractivity contribution in [3.63, 3.8) is 0 Å². The van der Waals surface area contributed by atoms with Gasteiger partial charge in [0.15, 0.2) is 6.61 Å². The number of hydrogen-bond donors (Lipinski definition) is 0. The topological polar surface area (TPSA) is 49.9 Å². The van der Waals surface area contributed by atoms with E-state index >= 15 is 0 Å². The lowest BCUT2D eigenvalue weighted by atomic mass is 10.1. The minimum atomic E-state index is -0.0451. The summed E-state index contributed by atoms with van der Waals surface area (Å²) in [6.07, 6.45) is 0. The Morgan fingerprint density at radius 2 is 1.42 bits per heavy atom. The molecule has 3 rings (SSSR count). The number of carbonyl (C=O) groups excluding carboxylic acids is 2. The van der Waals surface area contributed by atoms with Gasteiger partial charge in [0, 0.05) is 31.7 Å². The number of piperazine rings is 1. The van der Waals surface area contributed by atoms with Crippen molar-refractivity contribution >= 4 is 11.8 Å². The standard InChI is InChI=1S/C21H24N2O3/c1-16-7-3-5-9-18(16)21(25)23-13-11-22(12-14-23)20(24)15-26-19-10-6-4-8-17(19)2/h3-10H,11-15H2,1-2H3. The molecule has 0 atom stereocenters. The highest BCUT2D eigenvalue weighted by Gasteiger charge is 2.25. The van der Waals surface area contributed by atoms with Crippen molar-refractivity contribution in [1.82, 2.24) is 9.80 Å². The highest BCUT2D eigenvalue weighted by molar-refractivity contribution is 5.95. The number of ether oxygens (including phenoxy) is 1. The molecule has 1 saturated heterocycles. The fourth-order valence-electron chi connectivity index (χ4n) is 3.09. The van der Waals surface area contributed by atoms with Gasteiger partial charge in [-0.05, 0) is 37.1 Å². The lowest BCUT2D eigenvalue weighted by molar-refractivity contribution is -0.134.